The Morgan fingerprint density at radius 2 is 2.33 bits per heavy atom. The molecule has 3 nitrogen and oxygen atoms in total. The Kier molecular flexibility index (Phi) is 3.29. The first-order valence-electron chi connectivity index (χ1n) is 3.91. The third-order valence-corrected chi connectivity index (χ3v) is 1.50. The molecular weight excluding hydrogens is 150 g/mol. The van der Waals surface area contributed by atoms with Crippen LogP contribution < -0.4 is 11.5 Å². The van der Waals surface area contributed by atoms with Crippen LogP contribution in [0.3, 0.4) is 0 Å². The average molecular weight is 163 g/mol. The summed E-state index contributed by atoms with van der Waals surface area (Å²) in [7, 11) is 0. The van der Waals surface area contributed by atoms with E-state index in [-0.39, 0.29) is 0 Å². The maximum atomic E-state index is 5.61. The zero-order valence-electron chi connectivity index (χ0n) is 6.90. The highest BCUT2D eigenvalue weighted by Gasteiger charge is 1.91. The van der Waals surface area contributed by atoms with E-state index in [4.69, 9.17) is 11.5 Å². The quantitative estimate of drug-likeness (QED) is 0.699. The van der Waals surface area contributed by atoms with Crippen molar-refractivity contribution < 1.29 is 0 Å². The topological polar surface area (TPSA) is 64.9 Å². The summed E-state index contributed by atoms with van der Waals surface area (Å²) in [6, 6.07) is 3.79. The summed E-state index contributed by atoms with van der Waals surface area (Å²) in [4.78, 5) is 3.95. The van der Waals surface area contributed by atoms with Crippen LogP contribution in [-0.2, 0) is 0 Å². The van der Waals surface area contributed by atoms with Crippen molar-refractivity contribution in [3.8, 4) is 0 Å². The van der Waals surface area contributed by atoms with Gasteiger partial charge in [0.1, 0.15) is 5.82 Å². The molecule has 1 rings (SSSR count). The summed E-state index contributed by atoms with van der Waals surface area (Å²) in [6.45, 7) is 0.663. The lowest BCUT2D eigenvalue weighted by Gasteiger charge is -1.96. The van der Waals surface area contributed by atoms with Crippen LogP contribution in [0.1, 0.15) is 12.0 Å². The van der Waals surface area contributed by atoms with Crippen molar-refractivity contribution in [3.63, 3.8) is 0 Å². The van der Waals surface area contributed by atoms with E-state index in [1.807, 2.05) is 24.3 Å². The van der Waals surface area contributed by atoms with E-state index in [1.54, 1.807) is 6.20 Å². The second kappa shape index (κ2) is 4.51. The molecule has 0 atom stereocenters. The van der Waals surface area contributed by atoms with Crippen molar-refractivity contribution >= 4 is 11.9 Å². The van der Waals surface area contributed by atoms with Crippen LogP contribution in [-0.4, -0.2) is 11.5 Å². The molecule has 0 fully saturated rings. The lowest BCUT2D eigenvalue weighted by molar-refractivity contribution is 1.01. The first-order chi connectivity index (χ1) is 5.84. The first-order valence-corrected chi connectivity index (χ1v) is 3.91. The number of rotatable bonds is 3. The van der Waals surface area contributed by atoms with Gasteiger partial charge in [0.05, 0.1) is 0 Å². The van der Waals surface area contributed by atoms with Crippen molar-refractivity contribution in [3.05, 3.63) is 30.0 Å². The van der Waals surface area contributed by atoms with E-state index in [0.717, 1.165) is 12.0 Å². The van der Waals surface area contributed by atoms with Crippen LogP contribution in [0.25, 0.3) is 6.08 Å². The van der Waals surface area contributed by atoms with Gasteiger partial charge in [-0.3, -0.25) is 0 Å². The predicted octanol–water partition coefficient (Wildman–Crippen LogP) is 1.03. The number of anilines is 1. The van der Waals surface area contributed by atoms with E-state index in [2.05, 4.69) is 4.98 Å². The Bertz CT molecular complexity index is 268. The number of aromatic nitrogens is 1. The molecule has 4 N–H and O–H groups in total. The standard InChI is InChI=1S/C9H13N3/c10-6-2-1-4-8-5-3-7-12-9(8)11/h1,3-5,7H,2,6,10H2,(H2,11,12). The summed E-state index contributed by atoms with van der Waals surface area (Å²) < 4.78 is 0. The lowest BCUT2D eigenvalue weighted by atomic mass is 10.2. The Balaban J connectivity index is 2.68. The van der Waals surface area contributed by atoms with Crippen molar-refractivity contribution in [1.82, 2.24) is 4.98 Å². The summed E-state index contributed by atoms with van der Waals surface area (Å²) in [5.74, 6) is 0.561. The molecule has 0 aliphatic heterocycles. The molecule has 1 aromatic rings. The highest BCUT2D eigenvalue weighted by atomic mass is 14.8. The highest BCUT2D eigenvalue weighted by molar-refractivity contribution is 5.60. The monoisotopic (exact) mass is 163 g/mol. The van der Waals surface area contributed by atoms with Crippen molar-refractivity contribution in [2.75, 3.05) is 12.3 Å². The van der Waals surface area contributed by atoms with E-state index >= 15 is 0 Å². The fourth-order valence-electron chi connectivity index (χ4n) is 0.877. The summed E-state index contributed by atoms with van der Waals surface area (Å²) >= 11 is 0. The largest absolute Gasteiger partial charge is 0.383 e. The molecule has 0 bridgehead atoms. The van der Waals surface area contributed by atoms with Gasteiger partial charge in [-0.1, -0.05) is 12.2 Å². The van der Waals surface area contributed by atoms with Crippen LogP contribution >= 0.6 is 0 Å². The van der Waals surface area contributed by atoms with Gasteiger partial charge in [-0.2, -0.15) is 0 Å². The molecule has 64 valence electrons. The number of hydrogen-bond donors (Lipinski definition) is 2. The van der Waals surface area contributed by atoms with Crippen molar-refractivity contribution in [1.29, 1.82) is 0 Å². The van der Waals surface area contributed by atoms with Crippen LogP contribution in [0.2, 0.25) is 0 Å². The molecule has 0 saturated heterocycles. The molecule has 0 spiro atoms. The van der Waals surface area contributed by atoms with Crippen LogP contribution in [0.4, 0.5) is 5.82 Å². The van der Waals surface area contributed by atoms with Gasteiger partial charge >= 0.3 is 0 Å². The molecule has 12 heavy (non-hydrogen) atoms. The van der Waals surface area contributed by atoms with E-state index < -0.39 is 0 Å². The molecule has 0 aliphatic carbocycles. The molecule has 0 aliphatic rings. The molecule has 1 heterocycles. The average Bonchev–Trinajstić information content (AvgIpc) is 2.09. The number of nitrogens with two attached hydrogens (primary N) is 2. The minimum atomic E-state index is 0.561. The maximum absolute atomic E-state index is 5.61. The van der Waals surface area contributed by atoms with Crippen LogP contribution in [0.5, 0.6) is 0 Å². The first kappa shape index (κ1) is 8.74. The molecule has 0 saturated carbocycles. The predicted molar refractivity (Wildman–Crippen MR) is 51.4 cm³/mol. The number of nitrogens with zero attached hydrogens (tertiary/aromatic N) is 1. The normalized spacial score (nSPS) is 10.8. The zero-order chi connectivity index (χ0) is 8.81. The summed E-state index contributed by atoms with van der Waals surface area (Å²) in [5.41, 5.74) is 11.9. The number of pyridine rings is 1. The fourth-order valence-corrected chi connectivity index (χ4v) is 0.877. The minimum absolute atomic E-state index is 0.561. The van der Waals surface area contributed by atoms with Gasteiger partial charge in [-0.25, -0.2) is 4.98 Å². The van der Waals surface area contributed by atoms with Gasteiger partial charge in [-0.05, 0) is 25.1 Å². The van der Waals surface area contributed by atoms with Gasteiger partial charge in [0.2, 0.25) is 0 Å². The zero-order valence-corrected chi connectivity index (χ0v) is 6.90. The molecule has 0 aromatic carbocycles. The van der Waals surface area contributed by atoms with Crippen molar-refractivity contribution in [2.45, 2.75) is 6.42 Å². The molecule has 3 heteroatoms. The minimum Gasteiger partial charge on any atom is -0.383 e. The highest BCUT2D eigenvalue weighted by Crippen LogP contribution is 2.08. The van der Waals surface area contributed by atoms with E-state index in [1.165, 1.54) is 0 Å². The third kappa shape index (κ3) is 2.36. The van der Waals surface area contributed by atoms with Gasteiger partial charge < -0.3 is 11.5 Å². The van der Waals surface area contributed by atoms with Crippen LogP contribution in [0.15, 0.2) is 24.4 Å². The van der Waals surface area contributed by atoms with Crippen LogP contribution in [0, 0.1) is 0 Å². The second-order valence-corrected chi connectivity index (χ2v) is 2.46. The van der Waals surface area contributed by atoms with Gasteiger partial charge in [0.25, 0.3) is 0 Å². The van der Waals surface area contributed by atoms with E-state index in [9.17, 15) is 0 Å². The van der Waals surface area contributed by atoms with Gasteiger partial charge in [0, 0.05) is 11.8 Å². The molecule has 1 aromatic heterocycles. The Labute approximate surface area is 72.1 Å². The molecule has 0 amide bonds. The Morgan fingerprint density at radius 3 is 3.00 bits per heavy atom. The number of nitrogen functional groups attached to an aromatic ring is 1. The fraction of sp³-hybridized carbons (Fsp3) is 0.222. The molecule has 0 radical (unpaired) electrons. The third-order valence-electron chi connectivity index (χ3n) is 1.50. The second-order valence-electron chi connectivity index (χ2n) is 2.46. The smallest absolute Gasteiger partial charge is 0.130 e. The molecular formula is C9H13N3. The van der Waals surface area contributed by atoms with E-state index in [0.29, 0.717) is 12.4 Å². The Morgan fingerprint density at radius 1 is 1.50 bits per heavy atom. The SMILES string of the molecule is NCCC=Cc1cccnc1N. The number of hydrogen-bond acceptors (Lipinski definition) is 3. The Hall–Kier alpha value is -1.35. The maximum Gasteiger partial charge on any atom is 0.130 e. The summed E-state index contributed by atoms with van der Waals surface area (Å²) in [5, 5.41) is 0. The lowest BCUT2D eigenvalue weighted by Crippen LogP contribution is -1.95. The molecule has 0 unspecified atom stereocenters. The van der Waals surface area contributed by atoms with Gasteiger partial charge in [-0.15, -0.1) is 0 Å². The van der Waals surface area contributed by atoms with Crippen molar-refractivity contribution in [2.24, 2.45) is 5.73 Å². The van der Waals surface area contributed by atoms with Gasteiger partial charge in [0.15, 0.2) is 0 Å². The summed E-state index contributed by atoms with van der Waals surface area (Å²) in [6.07, 6.45) is 6.48.